The molecule has 1 atom stereocenters. The van der Waals surface area contributed by atoms with Crippen LogP contribution in [0.5, 0.6) is 11.5 Å². The molecule has 1 N–H and O–H groups in total. The van der Waals surface area contributed by atoms with Crippen LogP contribution in [0.3, 0.4) is 0 Å². The first-order valence-electron chi connectivity index (χ1n) is 9.64. The van der Waals surface area contributed by atoms with Crippen LogP contribution in [0.1, 0.15) is 43.7 Å². The van der Waals surface area contributed by atoms with E-state index in [0.717, 1.165) is 34.5 Å². The summed E-state index contributed by atoms with van der Waals surface area (Å²) in [6, 6.07) is 10.4. The lowest BCUT2D eigenvalue weighted by molar-refractivity contribution is -0.118. The molecule has 4 nitrogen and oxygen atoms in total. The maximum Gasteiger partial charge on any atom is 0.163 e. The molecule has 0 saturated carbocycles. The SMILES string of the molecule is CC1(C)CC(=O)C2=C(C1)Nc1cc3c(cc1C2c1ccc(F)cc1)OCCO3. The predicted molar refractivity (Wildman–Crippen MR) is 104 cm³/mol. The van der Waals surface area contributed by atoms with Crippen molar-refractivity contribution in [2.45, 2.75) is 32.6 Å². The van der Waals surface area contributed by atoms with Gasteiger partial charge in [-0.1, -0.05) is 26.0 Å². The molecule has 0 amide bonds. The van der Waals surface area contributed by atoms with Crippen molar-refractivity contribution in [2.24, 2.45) is 5.41 Å². The van der Waals surface area contributed by atoms with Crippen molar-refractivity contribution in [3.8, 4) is 11.5 Å². The molecule has 5 heteroatoms. The highest BCUT2D eigenvalue weighted by molar-refractivity contribution is 6.01. The molecule has 1 aliphatic carbocycles. The third-order valence-corrected chi connectivity index (χ3v) is 5.72. The van der Waals surface area contributed by atoms with E-state index in [4.69, 9.17) is 9.47 Å². The summed E-state index contributed by atoms with van der Waals surface area (Å²) in [5.74, 6) is 1.01. The number of fused-ring (bicyclic) bond motifs is 2. The Labute approximate surface area is 163 Å². The molecule has 0 radical (unpaired) electrons. The number of carbonyl (C=O) groups excluding carboxylic acids is 1. The fraction of sp³-hybridized carbons (Fsp3) is 0.348. The highest BCUT2D eigenvalue weighted by Gasteiger charge is 2.41. The van der Waals surface area contributed by atoms with E-state index in [-0.39, 0.29) is 22.9 Å². The van der Waals surface area contributed by atoms with Crippen LogP contribution in [0.25, 0.3) is 0 Å². The first-order chi connectivity index (χ1) is 13.4. The number of hydrogen-bond donors (Lipinski definition) is 1. The fourth-order valence-electron chi connectivity index (χ4n) is 4.55. The lowest BCUT2D eigenvalue weighted by atomic mass is 9.68. The average molecular weight is 379 g/mol. The molecule has 0 spiro atoms. The van der Waals surface area contributed by atoms with Crippen LogP contribution in [0.15, 0.2) is 47.7 Å². The summed E-state index contributed by atoms with van der Waals surface area (Å²) in [6.45, 7) is 5.25. The number of anilines is 1. The molecule has 0 fully saturated rings. The zero-order valence-electron chi connectivity index (χ0n) is 16.0. The number of ketones is 1. The van der Waals surface area contributed by atoms with Crippen LogP contribution < -0.4 is 14.8 Å². The number of benzene rings is 2. The molecule has 1 unspecified atom stereocenters. The first kappa shape index (κ1) is 17.3. The maximum absolute atomic E-state index is 13.6. The van der Waals surface area contributed by atoms with E-state index in [9.17, 15) is 9.18 Å². The number of ether oxygens (including phenoxy) is 2. The Hall–Kier alpha value is -2.82. The van der Waals surface area contributed by atoms with E-state index in [1.165, 1.54) is 12.1 Å². The van der Waals surface area contributed by atoms with Gasteiger partial charge in [-0.2, -0.15) is 0 Å². The van der Waals surface area contributed by atoms with Crippen LogP contribution in [0.4, 0.5) is 10.1 Å². The van der Waals surface area contributed by atoms with Gasteiger partial charge in [0.2, 0.25) is 0 Å². The highest BCUT2D eigenvalue weighted by atomic mass is 19.1. The second kappa shape index (κ2) is 6.09. The fourth-order valence-corrected chi connectivity index (χ4v) is 4.55. The van der Waals surface area contributed by atoms with Gasteiger partial charge >= 0.3 is 0 Å². The summed E-state index contributed by atoms with van der Waals surface area (Å²) >= 11 is 0. The van der Waals surface area contributed by atoms with Gasteiger partial charge in [0.25, 0.3) is 0 Å². The summed E-state index contributed by atoms with van der Waals surface area (Å²) in [4.78, 5) is 13.2. The van der Waals surface area contributed by atoms with E-state index in [1.807, 2.05) is 12.1 Å². The summed E-state index contributed by atoms with van der Waals surface area (Å²) in [6.07, 6.45) is 1.30. The summed E-state index contributed by atoms with van der Waals surface area (Å²) in [5, 5.41) is 3.50. The third-order valence-electron chi connectivity index (χ3n) is 5.72. The molecular formula is C23H22FNO3. The largest absolute Gasteiger partial charge is 0.486 e. The quantitative estimate of drug-likeness (QED) is 0.773. The number of allylic oxidation sites excluding steroid dienone is 2. The van der Waals surface area contributed by atoms with Gasteiger partial charge in [0.15, 0.2) is 17.3 Å². The molecule has 3 aliphatic rings. The zero-order chi connectivity index (χ0) is 19.5. The van der Waals surface area contributed by atoms with E-state index in [1.54, 1.807) is 12.1 Å². The Morgan fingerprint density at radius 2 is 1.71 bits per heavy atom. The van der Waals surface area contributed by atoms with Crippen molar-refractivity contribution in [3.05, 3.63) is 64.6 Å². The molecule has 5 rings (SSSR count). The molecule has 2 aromatic carbocycles. The molecule has 28 heavy (non-hydrogen) atoms. The Kier molecular flexibility index (Phi) is 3.76. The van der Waals surface area contributed by atoms with Crippen LogP contribution in [0, 0.1) is 11.2 Å². The number of nitrogens with one attached hydrogen (secondary N) is 1. The van der Waals surface area contributed by atoms with Crippen molar-refractivity contribution >= 4 is 11.5 Å². The van der Waals surface area contributed by atoms with E-state index in [0.29, 0.717) is 31.1 Å². The molecule has 0 saturated heterocycles. The van der Waals surface area contributed by atoms with Gasteiger partial charge in [-0.05, 0) is 41.2 Å². The molecule has 2 heterocycles. The third kappa shape index (κ3) is 2.77. The van der Waals surface area contributed by atoms with Gasteiger partial charge in [0.1, 0.15) is 19.0 Å². The van der Waals surface area contributed by atoms with Crippen molar-refractivity contribution in [1.82, 2.24) is 0 Å². The van der Waals surface area contributed by atoms with Gasteiger partial charge in [-0.25, -0.2) is 4.39 Å². The summed E-state index contributed by atoms with van der Waals surface area (Å²) < 4.78 is 25.1. The number of carbonyl (C=O) groups is 1. The number of Topliss-reactive ketones (excluding diaryl/α,β-unsaturated/α-hetero) is 1. The van der Waals surface area contributed by atoms with Gasteiger partial charge in [-0.15, -0.1) is 0 Å². The van der Waals surface area contributed by atoms with Crippen LogP contribution in [-0.2, 0) is 4.79 Å². The second-order valence-corrected chi connectivity index (χ2v) is 8.53. The smallest absolute Gasteiger partial charge is 0.163 e. The molecule has 144 valence electrons. The molecule has 0 aromatic heterocycles. The minimum Gasteiger partial charge on any atom is -0.486 e. The van der Waals surface area contributed by atoms with E-state index in [2.05, 4.69) is 19.2 Å². The van der Waals surface area contributed by atoms with Crippen LogP contribution >= 0.6 is 0 Å². The van der Waals surface area contributed by atoms with Gasteiger partial charge in [-0.3, -0.25) is 4.79 Å². The molecule has 0 bridgehead atoms. The number of rotatable bonds is 1. The van der Waals surface area contributed by atoms with E-state index < -0.39 is 0 Å². The van der Waals surface area contributed by atoms with Crippen molar-refractivity contribution in [1.29, 1.82) is 0 Å². The van der Waals surface area contributed by atoms with Crippen molar-refractivity contribution in [3.63, 3.8) is 0 Å². The van der Waals surface area contributed by atoms with Gasteiger partial charge < -0.3 is 14.8 Å². The minimum atomic E-state index is -0.287. The predicted octanol–water partition coefficient (Wildman–Crippen LogP) is 4.80. The first-order valence-corrected chi connectivity index (χ1v) is 9.64. The Balaban J connectivity index is 1.72. The number of halogens is 1. The minimum absolute atomic E-state index is 0.0956. The maximum atomic E-state index is 13.6. The normalized spacial score (nSPS) is 22.2. The second-order valence-electron chi connectivity index (χ2n) is 8.53. The summed E-state index contributed by atoms with van der Waals surface area (Å²) in [7, 11) is 0. The molecule has 2 aliphatic heterocycles. The lowest BCUT2D eigenvalue weighted by Gasteiger charge is -2.40. The lowest BCUT2D eigenvalue weighted by Crippen LogP contribution is -2.34. The molecule has 2 aromatic rings. The Bertz CT molecular complexity index is 1010. The van der Waals surface area contributed by atoms with Crippen molar-refractivity contribution in [2.75, 3.05) is 18.5 Å². The number of hydrogen-bond acceptors (Lipinski definition) is 4. The molecular weight excluding hydrogens is 357 g/mol. The standard InChI is InChI=1S/C23H22FNO3/c1-23(2)11-17-22(18(26)12-23)21(13-3-5-14(24)6-4-13)15-9-19-20(10-16(15)25-17)28-8-7-27-19/h3-6,9-10,21,25H,7-8,11-12H2,1-2H3. The highest BCUT2D eigenvalue weighted by Crippen LogP contribution is 2.51. The Morgan fingerprint density at radius 3 is 2.43 bits per heavy atom. The van der Waals surface area contributed by atoms with Gasteiger partial charge in [0.05, 0.1) is 0 Å². The van der Waals surface area contributed by atoms with Crippen molar-refractivity contribution < 1.29 is 18.7 Å². The van der Waals surface area contributed by atoms with Crippen LogP contribution in [-0.4, -0.2) is 19.0 Å². The zero-order valence-corrected chi connectivity index (χ0v) is 16.0. The van der Waals surface area contributed by atoms with Crippen LogP contribution in [0.2, 0.25) is 0 Å². The average Bonchev–Trinajstić information content (AvgIpc) is 2.64. The van der Waals surface area contributed by atoms with Gasteiger partial charge in [0, 0.05) is 35.4 Å². The summed E-state index contributed by atoms with van der Waals surface area (Å²) in [5.41, 5.74) is 4.43. The van der Waals surface area contributed by atoms with E-state index >= 15 is 0 Å². The monoisotopic (exact) mass is 379 g/mol. The topological polar surface area (TPSA) is 47.6 Å². The Morgan fingerprint density at radius 1 is 1.04 bits per heavy atom.